The molecule has 0 aliphatic heterocycles. The van der Waals surface area contributed by atoms with Crippen molar-refractivity contribution in [1.82, 2.24) is 10.6 Å². The summed E-state index contributed by atoms with van der Waals surface area (Å²) in [7, 11) is 1.66. The fraction of sp³-hybridized carbons (Fsp3) is 0.833. The van der Waals surface area contributed by atoms with Gasteiger partial charge < -0.3 is 25.6 Å². The smallest absolute Gasteiger partial charge is 0.332 e. The van der Waals surface area contributed by atoms with Gasteiger partial charge in [-0.3, -0.25) is 0 Å². The molecule has 7 heteroatoms. The number of carbonyl (C=O) groups excluding carboxylic acids is 1. The number of aliphatic hydroxyl groups excluding tert-OH is 1. The molecule has 0 saturated heterocycles. The highest BCUT2D eigenvalue weighted by atomic mass is 16.5. The summed E-state index contributed by atoms with van der Waals surface area (Å²) in [5.41, 5.74) is 0.175. The lowest BCUT2D eigenvalue weighted by Crippen LogP contribution is -2.40. The van der Waals surface area contributed by atoms with Crippen LogP contribution in [0.15, 0.2) is 0 Å². The quantitative estimate of drug-likeness (QED) is 0.471. The summed E-state index contributed by atoms with van der Waals surface area (Å²) < 4.78 is 5.03. The van der Waals surface area contributed by atoms with Crippen molar-refractivity contribution < 1.29 is 24.5 Å². The molecule has 0 unspecified atom stereocenters. The van der Waals surface area contributed by atoms with E-state index in [4.69, 9.17) is 14.9 Å². The van der Waals surface area contributed by atoms with Gasteiger partial charge in [-0.05, 0) is 24.7 Å². The number of hydrogen-bond acceptors (Lipinski definition) is 4. The van der Waals surface area contributed by atoms with Gasteiger partial charge in [0, 0.05) is 33.2 Å². The minimum absolute atomic E-state index is 0.00241. The van der Waals surface area contributed by atoms with Crippen molar-refractivity contribution in [3.8, 4) is 0 Å². The summed E-state index contributed by atoms with van der Waals surface area (Å²) in [6.45, 7) is 1.42. The largest absolute Gasteiger partial charge is 0.479 e. The van der Waals surface area contributed by atoms with Gasteiger partial charge in [-0.25, -0.2) is 9.59 Å². The van der Waals surface area contributed by atoms with Crippen LogP contribution >= 0.6 is 0 Å². The molecular weight excluding hydrogens is 252 g/mol. The SMILES string of the molecule is COCCC1(CNC(=O)NCC[C@H](O)C(=O)O)CC1. The average molecular weight is 274 g/mol. The van der Waals surface area contributed by atoms with Gasteiger partial charge in [0.15, 0.2) is 6.10 Å². The van der Waals surface area contributed by atoms with Crippen LogP contribution in [0, 0.1) is 5.41 Å². The number of hydrogen-bond donors (Lipinski definition) is 4. The molecule has 0 aromatic carbocycles. The lowest BCUT2D eigenvalue weighted by atomic mass is 10.0. The van der Waals surface area contributed by atoms with Crippen LogP contribution in [0.4, 0.5) is 4.79 Å². The Morgan fingerprint density at radius 2 is 2.05 bits per heavy atom. The lowest BCUT2D eigenvalue weighted by Gasteiger charge is -2.16. The van der Waals surface area contributed by atoms with E-state index in [9.17, 15) is 9.59 Å². The first kappa shape index (κ1) is 15.7. The molecule has 1 fully saturated rings. The van der Waals surface area contributed by atoms with E-state index in [0.717, 1.165) is 19.3 Å². The van der Waals surface area contributed by atoms with Crippen molar-refractivity contribution in [2.45, 2.75) is 31.8 Å². The van der Waals surface area contributed by atoms with Crippen molar-refractivity contribution >= 4 is 12.0 Å². The summed E-state index contributed by atoms with van der Waals surface area (Å²) in [6, 6.07) is -0.332. The number of amides is 2. The molecule has 110 valence electrons. The lowest BCUT2D eigenvalue weighted by molar-refractivity contribution is -0.146. The first-order valence-electron chi connectivity index (χ1n) is 6.41. The average Bonchev–Trinajstić information content (AvgIpc) is 3.14. The predicted octanol–water partition coefficient (Wildman–Crippen LogP) is -0.0621. The Morgan fingerprint density at radius 3 is 2.58 bits per heavy atom. The van der Waals surface area contributed by atoms with Gasteiger partial charge in [-0.1, -0.05) is 0 Å². The third-order valence-electron chi connectivity index (χ3n) is 3.41. The second-order valence-electron chi connectivity index (χ2n) is 4.99. The number of carboxylic acid groups (broad SMARTS) is 1. The molecule has 7 nitrogen and oxygen atoms in total. The maximum atomic E-state index is 11.5. The van der Waals surface area contributed by atoms with Gasteiger partial charge in [0.25, 0.3) is 0 Å². The maximum absolute atomic E-state index is 11.5. The fourth-order valence-corrected chi connectivity index (χ4v) is 1.79. The Hall–Kier alpha value is -1.34. The van der Waals surface area contributed by atoms with Crippen LogP contribution < -0.4 is 10.6 Å². The van der Waals surface area contributed by atoms with Gasteiger partial charge in [-0.2, -0.15) is 0 Å². The summed E-state index contributed by atoms with van der Waals surface area (Å²) in [5.74, 6) is -1.28. The minimum atomic E-state index is -1.43. The van der Waals surface area contributed by atoms with Gasteiger partial charge in [0.05, 0.1) is 0 Å². The number of carbonyl (C=O) groups is 2. The molecule has 4 N–H and O–H groups in total. The van der Waals surface area contributed by atoms with Crippen molar-refractivity contribution in [2.24, 2.45) is 5.41 Å². The molecule has 0 spiro atoms. The van der Waals surface area contributed by atoms with Crippen molar-refractivity contribution in [3.05, 3.63) is 0 Å². The van der Waals surface area contributed by atoms with Crippen LogP contribution in [0.1, 0.15) is 25.7 Å². The monoisotopic (exact) mass is 274 g/mol. The van der Waals surface area contributed by atoms with E-state index in [1.165, 1.54) is 0 Å². The number of ether oxygens (including phenoxy) is 1. The molecule has 1 aliphatic rings. The molecule has 19 heavy (non-hydrogen) atoms. The molecule has 1 saturated carbocycles. The zero-order valence-corrected chi connectivity index (χ0v) is 11.1. The van der Waals surface area contributed by atoms with Crippen LogP contribution in [0.5, 0.6) is 0 Å². The number of nitrogens with one attached hydrogen (secondary N) is 2. The Labute approximate surface area is 112 Å². The van der Waals surface area contributed by atoms with Gasteiger partial charge in [0.2, 0.25) is 0 Å². The van der Waals surface area contributed by atoms with Gasteiger partial charge in [0.1, 0.15) is 0 Å². The second-order valence-corrected chi connectivity index (χ2v) is 4.99. The highest BCUT2D eigenvalue weighted by Gasteiger charge is 2.42. The Morgan fingerprint density at radius 1 is 1.37 bits per heavy atom. The molecule has 0 bridgehead atoms. The van der Waals surface area contributed by atoms with Gasteiger partial charge in [-0.15, -0.1) is 0 Å². The zero-order chi connectivity index (χ0) is 14.3. The van der Waals surface area contributed by atoms with Crippen molar-refractivity contribution in [2.75, 3.05) is 26.8 Å². The Kier molecular flexibility index (Phi) is 6.04. The van der Waals surface area contributed by atoms with Crippen LogP contribution in [-0.2, 0) is 9.53 Å². The maximum Gasteiger partial charge on any atom is 0.332 e. The summed E-state index contributed by atoms with van der Waals surface area (Å²) in [5, 5.41) is 22.8. The van der Waals surface area contributed by atoms with E-state index in [0.29, 0.717) is 13.2 Å². The topological polar surface area (TPSA) is 108 Å². The summed E-state index contributed by atoms with van der Waals surface area (Å²) >= 11 is 0. The summed E-state index contributed by atoms with van der Waals surface area (Å²) in [6.07, 6.45) is 1.68. The second kappa shape index (κ2) is 7.30. The third-order valence-corrected chi connectivity index (χ3v) is 3.41. The number of aliphatic carboxylic acids is 1. The standard InChI is InChI=1S/C12H22N2O5/c1-19-7-5-12(3-4-12)8-14-11(18)13-6-2-9(15)10(16)17/h9,15H,2-8H2,1H3,(H,16,17)(H2,13,14,18)/t9-/m0/s1. The first-order chi connectivity index (χ1) is 8.99. The van der Waals surface area contributed by atoms with Crippen molar-refractivity contribution in [1.29, 1.82) is 0 Å². The molecule has 0 radical (unpaired) electrons. The molecule has 1 rings (SSSR count). The van der Waals surface area contributed by atoms with Crippen LogP contribution in [-0.4, -0.2) is 55.1 Å². The number of carboxylic acids is 1. The summed E-state index contributed by atoms with van der Waals surface area (Å²) in [4.78, 5) is 21.8. The van der Waals surface area contributed by atoms with Crippen molar-refractivity contribution in [3.63, 3.8) is 0 Å². The molecular formula is C12H22N2O5. The highest BCUT2D eigenvalue weighted by molar-refractivity contribution is 5.74. The van der Waals surface area contributed by atoms with E-state index in [2.05, 4.69) is 10.6 Å². The Bertz CT molecular complexity index is 317. The number of methoxy groups -OCH3 is 1. The third kappa shape index (κ3) is 5.89. The van der Waals surface area contributed by atoms with Crippen LogP contribution in [0.3, 0.4) is 0 Å². The normalized spacial score (nSPS) is 17.6. The van der Waals surface area contributed by atoms with E-state index < -0.39 is 12.1 Å². The molecule has 0 aromatic rings. The van der Waals surface area contributed by atoms with Crippen LogP contribution in [0.25, 0.3) is 0 Å². The Balaban J connectivity index is 2.10. The minimum Gasteiger partial charge on any atom is -0.479 e. The van der Waals surface area contributed by atoms with Gasteiger partial charge >= 0.3 is 12.0 Å². The number of rotatable bonds is 9. The van der Waals surface area contributed by atoms with E-state index >= 15 is 0 Å². The molecule has 0 heterocycles. The number of urea groups is 1. The molecule has 2 amide bonds. The van der Waals surface area contributed by atoms with E-state index in [1.54, 1.807) is 7.11 Å². The van der Waals surface area contributed by atoms with Crippen LogP contribution in [0.2, 0.25) is 0 Å². The first-order valence-corrected chi connectivity index (χ1v) is 6.41. The zero-order valence-electron chi connectivity index (χ0n) is 11.1. The predicted molar refractivity (Wildman–Crippen MR) is 67.8 cm³/mol. The highest BCUT2D eigenvalue weighted by Crippen LogP contribution is 2.48. The number of aliphatic hydroxyl groups is 1. The molecule has 1 aliphatic carbocycles. The molecule has 1 atom stereocenters. The van der Waals surface area contributed by atoms with E-state index in [1.807, 2.05) is 0 Å². The molecule has 0 aromatic heterocycles. The van der Waals surface area contributed by atoms with E-state index in [-0.39, 0.29) is 24.4 Å². The fourth-order valence-electron chi connectivity index (χ4n) is 1.79.